The molecule has 0 bridgehead atoms. The van der Waals surface area contributed by atoms with Crippen LogP contribution in [0.2, 0.25) is 0 Å². The Kier molecular flexibility index (Phi) is 5.62. The van der Waals surface area contributed by atoms with E-state index in [-0.39, 0.29) is 5.91 Å². The van der Waals surface area contributed by atoms with Crippen LogP contribution in [-0.4, -0.2) is 44.5 Å². The second-order valence-corrected chi connectivity index (χ2v) is 8.83. The number of methoxy groups -OCH3 is 1. The molecule has 1 aromatic carbocycles. The standard InChI is InChI=1S/C25H30N4O2/c1-31-23-15-18(25(30)29(20-7-2-3-8-20)21-9-4-5-10-21)12-13-19(23)16-28-17-27-22-11-6-14-26-24(22)28/h6,11-15,17,20-21H,2-5,7-10,16H2,1H3. The molecule has 0 aliphatic heterocycles. The number of carbonyl (C=O) groups is 1. The highest BCUT2D eigenvalue weighted by atomic mass is 16.5. The summed E-state index contributed by atoms with van der Waals surface area (Å²) in [5.41, 5.74) is 3.46. The number of imidazole rings is 1. The van der Waals surface area contributed by atoms with Gasteiger partial charge in [-0.2, -0.15) is 0 Å². The second kappa shape index (κ2) is 8.69. The molecular weight excluding hydrogens is 388 g/mol. The normalized spacial score (nSPS) is 17.5. The van der Waals surface area contributed by atoms with Crippen LogP contribution in [0.4, 0.5) is 0 Å². The molecule has 0 spiro atoms. The van der Waals surface area contributed by atoms with E-state index in [4.69, 9.17) is 4.74 Å². The first-order chi connectivity index (χ1) is 15.2. The maximum absolute atomic E-state index is 13.6. The van der Waals surface area contributed by atoms with E-state index in [1.165, 1.54) is 25.7 Å². The van der Waals surface area contributed by atoms with Crippen LogP contribution in [0.25, 0.3) is 11.2 Å². The number of hydrogen-bond donors (Lipinski definition) is 0. The smallest absolute Gasteiger partial charge is 0.254 e. The fraction of sp³-hybridized carbons (Fsp3) is 0.480. The zero-order valence-electron chi connectivity index (χ0n) is 18.2. The molecule has 2 fully saturated rings. The number of fused-ring (bicyclic) bond motifs is 1. The van der Waals surface area contributed by atoms with E-state index in [0.717, 1.165) is 53.7 Å². The van der Waals surface area contributed by atoms with Gasteiger partial charge < -0.3 is 14.2 Å². The lowest BCUT2D eigenvalue weighted by atomic mass is 10.0. The Morgan fingerprint density at radius 3 is 2.45 bits per heavy atom. The highest BCUT2D eigenvalue weighted by Crippen LogP contribution is 2.33. The van der Waals surface area contributed by atoms with Crippen molar-refractivity contribution in [3.05, 3.63) is 54.0 Å². The lowest BCUT2D eigenvalue weighted by molar-refractivity contribution is 0.0580. The number of pyridine rings is 1. The van der Waals surface area contributed by atoms with Crippen LogP contribution >= 0.6 is 0 Å². The van der Waals surface area contributed by atoms with Gasteiger partial charge in [0.1, 0.15) is 11.3 Å². The second-order valence-electron chi connectivity index (χ2n) is 8.83. The van der Waals surface area contributed by atoms with E-state index in [1.54, 1.807) is 19.6 Å². The van der Waals surface area contributed by atoms with Crippen LogP contribution in [0.1, 0.15) is 67.3 Å². The van der Waals surface area contributed by atoms with Gasteiger partial charge in [0.25, 0.3) is 5.91 Å². The maximum atomic E-state index is 13.6. The molecule has 5 rings (SSSR count). The monoisotopic (exact) mass is 418 g/mol. The number of aromatic nitrogens is 3. The van der Waals surface area contributed by atoms with Crippen molar-refractivity contribution in [2.24, 2.45) is 0 Å². The van der Waals surface area contributed by atoms with E-state index < -0.39 is 0 Å². The van der Waals surface area contributed by atoms with Crippen molar-refractivity contribution < 1.29 is 9.53 Å². The van der Waals surface area contributed by atoms with Gasteiger partial charge >= 0.3 is 0 Å². The molecule has 31 heavy (non-hydrogen) atoms. The summed E-state index contributed by atoms with van der Waals surface area (Å²) in [6.45, 7) is 0.597. The van der Waals surface area contributed by atoms with Crippen LogP contribution in [0, 0.1) is 0 Å². The van der Waals surface area contributed by atoms with E-state index in [1.807, 2.05) is 34.9 Å². The van der Waals surface area contributed by atoms with Crippen molar-refractivity contribution in [1.82, 2.24) is 19.4 Å². The van der Waals surface area contributed by atoms with E-state index in [2.05, 4.69) is 14.9 Å². The van der Waals surface area contributed by atoms with E-state index >= 15 is 0 Å². The Hall–Kier alpha value is -2.89. The summed E-state index contributed by atoms with van der Waals surface area (Å²) in [5.74, 6) is 0.903. The number of nitrogens with zero attached hydrogens (tertiary/aromatic N) is 4. The minimum atomic E-state index is 0.165. The van der Waals surface area contributed by atoms with Crippen molar-refractivity contribution >= 4 is 17.1 Å². The summed E-state index contributed by atoms with van der Waals surface area (Å²) in [4.78, 5) is 24.7. The van der Waals surface area contributed by atoms with Crippen LogP contribution in [0.5, 0.6) is 5.75 Å². The average Bonchev–Trinajstić information content (AvgIpc) is 3.58. The molecule has 0 unspecified atom stereocenters. The quantitative estimate of drug-likeness (QED) is 0.576. The third kappa shape index (κ3) is 3.91. The molecule has 162 valence electrons. The molecule has 0 N–H and O–H groups in total. The van der Waals surface area contributed by atoms with Gasteiger partial charge in [-0.3, -0.25) is 4.79 Å². The molecule has 6 nitrogen and oxygen atoms in total. The van der Waals surface area contributed by atoms with Crippen LogP contribution < -0.4 is 4.74 Å². The fourth-order valence-corrected chi connectivity index (χ4v) is 5.35. The van der Waals surface area contributed by atoms with Gasteiger partial charge in [-0.15, -0.1) is 0 Å². The first kappa shape index (κ1) is 20.0. The molecular formula is C25H30N4O2. The minimum Gasteiger partial charge on any atom is -0.496 e. The summed E-state index contributed by atoms with van der Waals surface area (Å²) < 4.78 is 7.71. The molecule has 2 heterocycles. The summed E-state index contributed by atoms with van der Waals surface area (Å²) in [7, 11) is 1.67. The Bertz CT molecular complexity index is 1050. The van der Waals surface area contributed by atoms with Gasteiger partial charge in [0.05, 0.1) is 20.0 Å². The largest absolute Gasteiger partial charge is 0.496 e. The molecule has 1 amide bonds. The van der Waals surface area contributed by atoms with Crippen LogP contribution in [0.3, 0.4) is 0 Å². The molecule has 2 aromatic heterocycles. The topological polar surface area (TPSA) is 60.2 Å². The van der Waals surface area contributed by atoms with Gasteiger partial charge in [0.15, 0.2) is 5.65 Å². The van der Waals surface area contributed by atoms with Crippen LogP contribution in [-0.2, 0) is 6.54 Å². The fourth-order valence-electron chi connectivity index (χ4n) is 5.35. The molecule has 2 saturated carbocycles. The zero-order valence-corrected chi connectivity index (χ0v) is 18.2. The number of benzene rings is 1. The molecule has 6 heteroatoms. The van der Waals surface area contributed by atoms with Crippen molar-refractivity contribution in [1.29, 1.82) is 0 Å². The maximum Gasteiger partial charge on any atom is 0.254 e. The molecule has 0 atom stereocenters. The Balaban J connectivity index is 1.42. The van der Waals surface area contributed by atoms with Crippen molar-refractivity contribution in [2.75, 3.05) is 7.11 Å². The van der Waals surface area contributed by atoms with Crippen molar-refractivity contribution in [3.63, 3.8) is 0 Å². The van der Waals surface area contributed by atoms with Gasteiger partial charge in [0, 0.05) is 29.4 Å². The lowest BCUT2D eigenvalue weighted by Gasteiger charge is -2.35. The predicted octanol–water partition coefficient (Wildman–Crippen LogP) is 4.82. The SMILES string of the molecule is COc1cc(C(=O)N(C2CCCC2)C2CCCC2)ccc1Cn1cnc2cccnc21. The summed E-state index contributed by atoms with van der Waals surface area (Å²) in [6, 6.07) is 10.5. The van der Waals surface area contributed by atoms with Crippen molar-refractivity contribution in [3.8, 4) is 5.75 Å². The lowest BCUT2D eigenvalue weighted by Crippen LogP contribution is -2.45. The Morgan fingerprint density at radius 1 is 1.06 bits per heavy atom. The first-order valence-electron chi connectivity index (χ1n) is 11.5. The van der Waals surface area contributed by atoms with Gasteiger partial charge in [-0.25, -0.2) is 9.97 Å². The third-order valence-electron chi connectivity index (χ3n) is 6.92. The number of rotatable bonds is 6. The molecule has 0 saturated heterocycles. The van der Waals surface area contributed by atoms with E-state index in [0.29, 0.717) is 18.6 Å². The molecule has 2 aliphatic carbocycles. The summed E-state index contributed by atoms with van der Waals surface area (Å²) >= 11 is 0. The highest BCUT2D eigenvalue weighted by molar-refractivity contribution is 5.95. The van der Waals surface area contributed by atoms with Gasteiger partial charge in [-0.1, -0.05) is 31.7 Å². The highest BCUT2D eigenvalue weighted by Gasteiger charge is 2.34. The average molecular weight is 419 g/mol. The summed E-state index contributed by atoms with van der Waals surface area (Å²) in [5, 5.41) is 0. The molecule has 0 radical (unpaired) electrons. The number of amides is 1. The molecule has 2 aliphatic rings. The number of ether oxygens (including phenoxy) is 1. The van der Waals surface area contributed by atoms with Crippen molar-refractivity contribution in [2.45, 2.75) is 70.0 Å². The Morgan fingerprint density at radius 2 is 1.77 bits per heavy atom. The van der Waals surface area contributed by atoms with Crippen LogP contribution in [0.15, 0.2) is 42.9 Å². The zero-order chi connectivity index (χ0) is 21.2. The number of carbonyl (C=O) groups excluding carboxylic acids is 1. The first-order valence-corrected chi connectivity index (χ1v) is 11.5. The summed E-state index contributed by atoms with van der Waals surface area (Å²) in [6.07, 6.45) is 13.1. The third-order valence-corrected chi connectivity index (χ3v) is 6.92. The van der Waals surface area contributed by atoms with Gasteiger partial charge in [-0.05, 0) is 49.9 Å². The number of hydrogen-bond acceptors (Lipinski definition) is 4. The van der Waals surface area contributed by atoms with E-state index in [9.17, 15) is 4.79 Å². The Labute approximate surface area is 183 Å². The predicted molar refractivity (Wildman–Crippen MR) is 120 cm³/mol. The van der Waals surface area contributed by atoms with Gasteiger partial charge in [0.2, 0.25) is 0 Å². The minimum absolute atomic E-state index is 0.165. The molecule has 3 aromatic rings.